The van der Waals surface area contributed by atoms with Crippen LogP contribution in [-0.4, -0.2) is 89.0 Å². The molecule has 6 unspecified atom stereocenters. The molecular weight excluding hydrogens is 664 g/mol. The lowest BCUT2D eigenvalue weighted by Crippen LogP contribution is -2.59. The molecule has 0 amide bonds. The number of allylic oxidation sites excluding steroid dienone is 4. The van der Waals surface area contributed by atoms with Crippen molar-refractivity contribution in [1.82, 2.24) is 0 Å². The molecule has 0 aliphatic carbocycles. The molecule has 0 aromatic heterocycles. The van der Waals surface area contributed by atoms with E-state index in [0.29, 0.717) is 6.42 Å². The summed E-state index contributed by atoms with van der Waals surface area (Å²) in [5, 5.41) is 39.9. The third-order valence-electron chi connectivity index (χ3n) is 9.59. The van der Waals surface area contributed by atoms with E-state index in [1.54, 1.807) is 0 Å². The van der Waals surface area contributed by atoms with Crippen molar-refractivity contribution in [3.05, 3.63) is 24.3 Å². The number of hydrogen-bond acceptors (Lipinski definition) is 10. The summed E-state index contributed by atoms with van der Waals surface area (Å²) >= 11 is 0. The minimum absolute atomic E-state index is 0.217. The fourth-order valence-electron chi connectivity index (χ4n) is 6.22. The molecule has 4 N–H and O–H groups in total. The summed E-state index contributed by atoms with van der Waals surface area (Å²) in [6.07, 6.45) is 27.9. The van der Waals surface area contributed by atoms with Crippen molar-refractivity contribution in [2.24, 2.45) is 0 Å². The van der Waals surface area contributed by atoms with Gasteiger partial charge in [0.1, 0.15) is 31.0 Å². The maximum Gasteiger partial charge on any atom is 0.306 e. The van der Waals surface area contributed by atoms with Gasteiger partial charge in [-0.05, 0) is 44.9 Å². The Morgan fingerprint density at radius 2 is 1.08 bits per heavy atom. The first kappa shape index (κ1) is 48.2. The Labute approximate surface area is 315 Å². The average Bonchev–Trinajstić information content (AvgIpc) is 3.14. The van der Waals surface area contributed by atoms with E-state index in [1.165, 1.54) is 77.0 Å². The van der Waals surface area contributed by atoms with Crippen molar-refractivity contribution in [3.8, 4) is 0 Å². The quantitative estimate of drug-likeness (QED) is 0.0289. The van der Waals surface area contributed by atoms with Crippen molar-refractivity contribution >= 4 is 11.9 Å². The Hall–Kier alpha value is -1.82. The molecule has 1 saturated heterocycles. The van der Waals surface area contributed by atoms with E-state index in [2.05, 4.69) is 38.2 Å². The van der Waals surface area contributed by atoms with Gasteiger partial charge in [0, 0.05) is 12.8 Å². The molecule has 10 heteroatoms. The van der Waals surface area contributed by atoms with Crippen LogP contribution in [-0.2, 0) is 28.5 Å². The molecule has 0 radical (unpaired) electrons. The summed E-state index contributed by atoms with van der Waals surface area (Å²) < 4.78 is 22.0. The standard InChI is InChI=1S/C42H76O10/c1-3-5-7-9-11-12-13-14-15-16-17-18-19-20-21-22-23-24-25-27-29-31-38(45)51-35(33-49-37(44)30-28-26-10-8-6-4-2)34-50-42-41(48)40(47)39(46)36(32-43)52-42/h13-14,16-17,35-36,39-43,46-48H,3-12,15,18-34H2,1-2H3/b14-13-,17-16-. The Balaban J connectivity index is 2.26. The van der Waals surface area contributed by atoms with Gasteiger partial charge in [-0.3, -0.25) is 9.59 Å². The van der Waals surface area contributed by atoms with Gasteiger partial charge in [0.15, 0.2) is 12.4 Å². The highest BCUT2D eigenvalue weighted by atomic mass is 16.7. The van der Waals surface area contributed by atoms with Crippen LogP contribution in [0.1, 0.15) is 174 Å². The lowest BCUT2D eigenvalue weighted by atomic mass is 9.99. The number of esters is 2. The van der Waals surface area contributed by atoms with E-state index in [9.17, 15) is 30.0 Å². The molecular formula is C42H76O10. The fourth-order valence-corrected chi connectivity index (χ4v) is 6.22. The summed E-state index contributed by atoms with van der Waals surface area (Å²) in [5.74, 6) is -0.819. The maximum atomic E-state index is 12.7. The van der Waals surface area contributed by atoms with Crippen molar-refractivity contribution in [1.29, 1.82) is 0 Å². The van der Waals surface area contributed by atoms with E-state index in [4.69, 9.17) is 18.9 Å². The Morgan fingerprint density at radius 3 is 1.60 bits per heavy atom. The molecule has 0 saturated carbocycles. The minimum Gasteiger partial charge on any atom is -0.462 e. The van der Waals surface area contributed by atoms with Crippen LogP contribution in [0, 0.1) is 0 Å². The van der Waals surface area contributed by atoms with Gasteiger partial charge in [-0.2, -0.15) is 0 Å². The predicted molar refractivity (Wildman–Crippen MR) is 206 cm³/mol. The molecule has 0 aromatic carbocycles. The molecule has 1 rings (SSSR count). The second kappa shape index (κ2) is 33.7. The number of hydrogen-bond donors (Lipinski definition) is 4. The number of aliphatic hydroxyl groups excluding tert-OH is 4. The Bertz CT molecular complexity index is 907. The van der Waals surface area contributed by atoms with Gasteiger partial charge >= 0.3 is 11.9 Å². The highest BCUT2D eigenvalue weighted by molar-refractivity contribution is 5.70. The van der Waals surface area contributed by atoms with Gasteiger partial charge in [-0.25, -0.2) is 0 Å². The largest absolute Gasteiger partial charge is 0.462 e. The average molecular weight is 741 g/mol. The minimum atomic E-state index is -1.59. The van der Waals surface area contributed by atoms with Gasteiger partial charge in [-0.15, -0.1) is 0 Å². The van der Waals surface area contributed by atoms with Crippen molar-refractivity contribution < 1.29 is 49.0 Å². The molecule has 0 bridgehead atoms. The molecule has 1 fully saturated rings. The smallest absolute Gasteiger partial charge is 0.306 e. The molecule has 0 aromatic rings. The number of ether oxygens (including phenoxy) is 4. The van der Waals surface area contributed by atoms with Crippen LogP contribution in [0.5, 0.6) is 0 Å². The zero-order chi connectivity index (χ0) is 38.1. The molecule has 1 aliphatic heterocycles. The molecule has 304 valence electrons. The topological polar surface area (TPSA) is 152 Å². The van der Waals surface area contributed by atoms with Crippen molar-refractivity contribution in [2.75, 3.05) is 19.8 Å². The first-order chi connectivity index (χ1) is 25.3. The summed E-state index contributed by atoms with van der Waals surface area (Å²) in [4.78, 5) is 25.0. The number of carbonyl (C=O) groups is 2. The van der Waals surface area contributed by atoms with E-state index in [-0.39, 0.29) is 32.0 Å². The molecule has 0 spiro atoms. The highest BCUT2D eigenvalue weighted by Crippen LogP contribution is 2.22. The molecule has 10 nitrogen and oxygen atoms in total. The van der Waals surface area contributed by atoms with Crippen LogP contribution in [0.4, 0.5) is 0 Å². The van der Waals surface area contributed by atoms with E-state index in [1.807, 2.05) is 0 Å². The van der Waals surface area contributed by atoms with Gasteiger partial charge in [0.2, 0.25) is 0 Å². The second-order valence-corrected chi connectivity index (χ2v) is 14.4. The van der Waals surface area contributed by atoms with E-state index >= 15 is 0 Å². The van der Waals surface area contributed by atoms with Crippen LogP contribution in [0.15, 0.2) is 24.3 Å². The Morgan fingerprint density at radius 1 is 0.596 bits per heavy atom. The second-order valence-electron chi connectivity index (χ2n) is 14.4. The molecule has 52 heavy (non-hydrogen) atoms. The first-order valence-corrected chi connectivity index (χ1v) is 20.9. The number of rotatable bonds is 34. The van der Waals surface area contributed by atoms with Crippen molar-refractivity contribution in [3.63, 3.8) is 0 Å². The first-order valence-electron chi connectivity index (χ1n) is 20.9. The highest BCUT2D eigenvalue weighted by Gasteiger charge is 2.44. The molecule has 6 atom stereocenters. The van der Waals surface area contributed by atoms with Crippen LogP contribution < -0.4 is 0 Å². The summed E-state index contributed by atoms with van der Waals surface area (Å²) in [7, 11) is 0. The van der Waals surface area contributed by atoms with Gasteiger partial charge < -0.3 is 39.4 Å². The SMILES string of the molecule is CCCCCCC/C=C\C/C=C\CCCCCCCCCCCC(=O)OC(COC(=O)CCCCCCCC)COC1OC(CO)C(O)C(O)C1O. The van der Waals surface area contributed by atoms with E-state index in [0.717, 1.165) is 64.2 Å². The van der Waals surface area contributed by atoms with Crippen molar-refractivity contribution in [2.45, 2.75) is 211 Å². The summed E-state index contributed by atoms with van der Waals surface area (Å²) in [6.45, 7) is 3.33. The predicted octanol–water partition coefficient (Wildman–Crippen LogP) is 8.16. The third kappa shape index (κ3) is 25.2. The zero-order valence-corrected chi connectivity index (χ0v) is 32.8. The van der Waals surface area contributed by atoms with Crippen LogP contribution >= 0.6 is 0 Å². The van der Waals surface area contributed by atoms with Gasteiger partial charge in [0.25, 0.3) is 0 Å². The molecule has 1 aliphatic rings. The lowest BCUT2D eigenvalue weighted by Gasteiger charge is -2.39. The number of unbranched alkanes of at least 4 members (excludes halogenated alkanes) is 19. The summed E-state index contributed by atoms with van der Waals surface area (Å²) in [5.41, 5.74) is 0. The Kier molecular flexibility index (Phi) is 31.3. The maximum absolute atomic E-state index is 12.7. The number of aliphatic hydroxyl groups is 4. The van der Waals surface area contributed by atoms with Gasteiger partial charge in [0.05, 0.1) is 13.2 Å². The monoisotopic (exact) mass is 741 g/mol. The van der Waals surface area contributed by atoms with E-state index < -0.39 is 49.4 Å². The van der Waals surface area contributed by atoms with Crippen LogP contribution in [0.25, 0.3) is 0 Å². The zero-order valence-electron chi connectivity index (χ0n) is 32.8. The van der Waals surface area contributed by atoms with Gasteiger partial charge in [-0.1, -0.05) is 141 Å². The third-order valence-corrected chi connectivity index (χ3v) is 9.59. The summed E-state index contributed by atoms with van der Waals surface area (Å²) in [6, 6.07) is 0. The lowest BCUT2D eigenvalue weighted by molar-refractivity contribution is -0.305. The van der Waals surface area contributed by atoms with Crippen LogP contribution in [0.3, 0.4) is 0 Å². The molecule has 1 heterocycles. The normalized spacial score (nSPS) is 21.2. The fraction of sp³-hybridized carbons (Fsp3) is 0.857. The number of carbonyl (C=O) groups excluding carboxylic acids is 2. The van der Waals surface area contributed by atoms with Crippen LogP contribution in [0.2, 0.25) is 0 Å².